The number of piperidine rings is 1. The van der Waals surface area contributed by atoms with E-state index in [1.807, 2.05) is 0 Å². The number of fused-ring (bicyclic) bond motifs is 2. The van der Waals surface area contributed by atoms with Gasteiger partial charge < -0.3 is 14.7 Å². The fraction of sp³-hybridized carbons (Fsp3) is 0.533. The van der Waals surface area contributed by atoms with Crippen LogP contribution in [-0.2, 0) is 0 Å². The van der Waals surface area contributed by atoms with E-state index in [0.29, 0.717) is 22.9 Å². The number of rotatable bonds is 3. The van der Waals surface area contributed by atoms with Gasteiger partial charge in [-0.1, -0.05) is 11.6 Å². The molecular formula is C15H18ClNO3. The quantitative estimate of drug-likeness (QED) is 0.931. The van der Waals surface area contributed by atoms with Gasteiger partial charge in [-0.25, -0.2) is 4.79 Å². The molecule has 4 nitrogen and oxygen atoms in total. The number of aromatic carboxylic acids is 1. The van der Waals surface area contributed by atoms with Crippen molar-refractivity contribution in [3.63, 3.8) is 0 Å². The van der Waals surface area contributed by atoms with Crippen LogP contribution in [0.15, 0.2) is 18.2 Å². The molecule has 0 amide bonds. The van der Waals surface area contributed by atoms with E-state index in [-0.39, 0.29) is 11.7 Å². The van der Waals surface area contributed by atoms with Crippen molar-refractivity contribution in [2.45, 2.75) is 43.9 Å². The van der Waals surface area contributed by atoms with Crippen LogP contribution < -0.4 is 4.74 Å². The number of nitrogens with zero attached hydrogens (tertiary/aromatic N) is 1. The lowest BCUT2D eigenvalue weighted by molar-refractivity contribution is 0.0661. The predicted molar refractivity (Wildman–Crippen MR) is 76.6 cm³/mol. The summed E-state index contributed by atoms with van der Waals surface area (Å²) in [5, 5.41) is 9.29. The highest BCUT2D eigenvalue weighted by atomic mass is 35.5. The summed E-state index contributed by atoms with van der Waals surface area (Å²) in [7, 11) is 2.19. The lowest BCUT2D eigenvalue weighted by Crippen LogP contribution is -2.43. The molecule has 2 aliphatic heterocycles. The van der Waals surface area contributed by atoms with E-state index in [2.05, 4.69) is 11.9 Å². The van der Waals surface area contributed by atoms with Crippen LogP contribution in [0, 0.1) is 0 Å². The van der Waals surface area contributed by atoms with Crippen LogP contribution in [0.25, 0.3) is 0 Å². The fourth-order valence-electron chi connectivity index (χ4n) is 3.37. The average molecular weight is 296 g/mol. The number of hydrogen-bond donors (Lipinski definition) is 1. The Morgan fingerprint density at radius 3 is 2.55 bits per heavy atom. The Bertz CT molecular complexity index is 520. The van der Waals surface area contributed by atoms with Crippen molar-refractivity contribution in [2.75, 3.05) is 7.05 Å². The average Bonchev–Trinajstić information content (AvgIpc) is 2.64. The molecule has 1 aromatic rings. The molecular weight excluding hydrogens is 278 g/mol. The summed E-state index contributed by atoms with van der Waals surface area (Å²) in [5.41, 5.74) is 0.186. The van der Waals surface area contributed by atoms with Crippen LogP contribution in [0.1, 0.15) is 36.0 Å². The molecule has 1 N–H and O–H groups in total. The molecule has 0 aliphatic carbocycles. The maximum Gasteiger partial charge on any atom is 0.335 e. The van der Waals surface area contributed by atoms with Crippen LogP contribution in [0.4, 0.5) is 0 Å². The zero-order valence-electron chi connectivity index (χ0n) is 11.4. The molecule has 5 heteroatoms. The number of ether oxygens (including phenoxy) is 1. The van der Waals surface area contributed by atoms with E-state index < -0.39 is 5.97 Å². The Morgan fingerprint density at radius 1 is 1.35 bits per heavy atom. The molecule has 0 aromatic heterocycles. The minimum atomic E-state index is -0.976. The summed E-state index contributed by atoms with van der Waals surface area (Å²) < 4.78 is 6.00. The van der Waals surface area contributed by atoms with E-state index in [4.69, 9.17) is 21.4 Å². The number of carboxylic acid groups (broad SMARTS) is 1. The maximum atomic E-state index is 10.9. The highest BCUT2D eigenvalue weighted by Gasteiger charge is 2.39. The molecule has 20 heavy (non-hydrogen) atoms. The predicted octanol–water partition coefficient (Wildman–Crippen LogP) is 3.04. The first kappa shape index (κ1) is 13.7. The lowest BCUT2D eigenvalue weighted by Gasteiger charge is -2.36. The number of hydrogen-bond acceptors (Lipinski definition) is 3. The van der Waals surface area contributed by atoms with Crippen molar-refractivity contribution in [1.29, 1.82) is 0 Å². The van der Waals surface area contributed by atoms with Crippen molar-refractivity contribution in [1.82, 2.24) is 4.90 Å². The second kappa shape index (κ2) is 5.26. The third-order valence-corrected chi connectivity index (χ3v) is 4.82. The van der Waals surface area contributed by atoms with E-state index in [1.165, 1.54) is 25.0 Å². The topological polar surface area (TPSA) is 49.8 Å². The molecule has 0 radical (unpaired) electrons. The van der Waals surface area contributed by atoms with Crippen LogP contribution in [0.5, 0.6) is 5.75 Å². The van der Waals surface area contributed by atoms with Crippen LogP contribution in [-0.4, -0.2) is 41.2 Å². The summed E-state index contributed by atoms with van der Waals surface area (Å²) in [5.74, 6) is -0.388. The normalized spacial score (nSPS) is 29.4. The number of halogens is 1. The zero-order valence-corrected chi connectivity index (χ0v) is 12.1. The van der Waals surface area contributed by atoms with E-state index >= 15 is 0 Å². The van der Waals surface area contributed by atoms with Crippen molar-refractivity contribution >= 4 is 17.6 Å². The standard InChI is InChI=1S/C15H18ClNO3/c1-17-10-3-4-11(17)8-12(7-10)20-14-5-2-9(15(18)19)6-13(14)16/h2,5-6,10-12H,3-4,7-8H2,1H3,(H,18,19). The van der Waals surface area contributed by atoms with E-state index in [1.54, 1.807) is 6.07 Å². The van der Waals surface area contributed by atoms with E-state index in [9.17, 15) is 4.79 Å². The summed E-state index contributed by atoms with van der Waals surface area (Å²) in [6.07, 6.45) is 4.70. The molecule has 2 aliphatic rings. The number of carboxylic acids is 1. The summed E-state index contributed by atoms with van der Waals surface area (Å²) in [6, 6.07) is 5.86. The van der Waals surface area contributed by atoms with Gasteiger partial charge in [0.1, 0.15) is 11.9 Å². The molecule has 2 atom stereocenters. The summed E-state index contributed by atoms with van der Waals surface area (Å²) >= 11 is 6.11. The molecule has 0 spiro atoms. The van der Waals surface area contributed by atoms with Gasteiger partial charge in [0.2, 0.25) is 0 Å². The molecule has 0 saturated carbocycles. The van der Waals surface area contributed by atoms with Gasteiger partial charge in [-0.2, -0.15) is 0 Å². The molecule has 108 valence electrons. The number of benzene rings is 1. The molecule has 2 heterocycles. The van der Waals surface area contributed by atoms with E-state index in [0.717, 1.165) is 12.8 Å². The molecule has 1 aromatic carbocycles. The molecule has 2 bridgehead atoms. The van der Waals surface area contributed by atoms with Gasteiger partial charge in [0.05, 0.1) is 10.6 Å². The Hall–Kier alpha value is -1.26. The van der Waals surface area contributed by atoms with Crippen molar-refractivity contribution in [3.8, 4) is 5.75 Å². The van der Waals surface area contributed by atoms with Crippen molar-refractivity contribution in [3.05, 3.63) is 28.8 Å². The van der Waals surface area contributed by atoms with Gasteiger partial charge >= 0.3 is 5.97 Å². The van der Waals surface area contributed by atoms with Gasteiger partial charge in [-0.05, 0) is 50.9 Å². The van der Waals surface area contributed by atoms with Gasteiger partial charge in [-0.15, -0.1) is 0 Å². The Labute approximate surface area is 123 Å². The third kappa shape index (κ3) is 2.50. The molecule has 2 unspecified atom stereocenters. The molecule has 2 saturated heterocycles. The largest absolute Gasteiger partial charge is 0.489 e. The second-order valence-electron chi connectivity index (χ2n) is 5.71. The summed E-state index contributed by atoms with van der Waals surface area (Å²) in [6.45, 7) is 0. The summed E-state index contributed by atoms with van der Waals surface area (Å²) in [4.78, 5) is 13.3. The monoisotopic (exact) mass is 295 g/mol. The third-order valence-electron chi connectivity index (χ3n) is 4.53. The molecule has 2 fully saturated rings. The molecule has 3 rings (SSSR count). The van der Waals surface area contributed by atoms with Gasteiger partial charge in [0.15, 0.2) is 0 Å². The SMILES string of the molecule is CN1C2CCC1CC(Oc1ccc(C(=O)O)cc1Cl)C2. The van der Waals surface area contributed by atoms with Gasteiger partial charge in [0, 0.05) is 12.1 Å². The second-order valence-corrected chi connectivity index (χ2v) is 6.12. The smallest absolute Gasteiger partial charge is 0.335 e. The Kier molecular flexibility index (Phi) is 3.61. The van der Waals surface area contributed by atoms with Crippen molar-refractivity contribution < 1.29 is 14.6 Å². The van der Waals surface area contributed by atoms with Gasteiger partial charge in [0.25, 0.3) is 0 Å². The van der Waals surface area contributed by atoms with Crippen molar-refractivity contribution in [2.24, 2.45) is 0 Å². The van der Waals surface area contributed by atoms with Gasteiger partial charge in [-0.3, -0.25) is 0 Å². The Balaban J connectivity index is 1.71. The van der Waals surface area contributed by atoms with Crippen LogP contribution in [0.3, 0.4) is 0 Å². The highest BCUT2D eigenvalue weighted by molar-refractivity contribution is 6.32. The van der Waals surface area contributed by atoms with Crippen LogP contribution >= 0.6 is 11.6 Å². The first-order chi connectivity index (χ1) is 9.54. The Morgan fingerprint density at radius 2 is 2.00 bits per heavy atom. The minimum absolute atomic E-state index is 0.178. The minimum Gasteiger partial charge on any atom is -0.489 e. The lowest BCUT2D eigenvalue weighted by atomic mass is 10.0. The number of carbonyl (C=O) groups is 1. The maximum absolute atomic E-state index is 10.9. The first-order valence-electron chi connectivity index (χ1n) is 6.96. The van der Waals surface area contributed by atoms with Crippen LogP contribution in [0.2, 0.25) is 5.02 Å². The highest BCUT2D eigenvalue weighted by Crippen LogP contribution is 2.37. The first-order valence-corrected chi connectivity index (χ1v) is 7.34. The zero-order chi connectivity index (χ0) is 14.3. The fourth-order valence-corrected chi connectivity index (χ4v) is 3.59.